The van der Waals surface area contributed by atoms with Gasteiger partial charge in [0.2, 0.25) is 0 Å². The first kappa shape index (κ1) is 26.2. The number of nitrogens with zero attached hydrogens (tertiary/aromatic N) is 3. The fourth-order valence-electron chi connectivity index (χ4n) is 5.47. The van der Waals surface area contributed by atoms with Gasteiger partial charge < -0.3 is 19.1 Å². The molecule has 1 aromatic heterocycles. The Morgan fingerprint density at radius 2 is 2.05 bits per heavy atom. The molecule has 1 saturated heterocycles. The molecular weight excluding hydrogens is 495 g/mol. The second-order valence-electron chi connectivity index (χ2n) is 10.8. The highest BCUT2D eigenvalue weighted by molar-refractivity contribution is 7.98. The second-order valence-corrected chi connectivity index (χ2v) is 11.6. The summed E-state index contributed by atoms with van der Waals surface area (Å²) in [6, 6.07) is 3.50. The maximum atomic E-state index is 16.1. The predicted octanol–water partition coefficient (Wildman–Crippen LogP) is 5.22. The lowest BCUT2D eigenvalue weighted by Crippen LogP contribution is -2.42. The van der Waals surface area contributed by atoms with Gasteiger partial charge in [0.1, 0.15) is 17.0 Å². The Balaban J connectivity index is 1.51. The van der Waals surface area contributed by atoms with Gasteiger partial charge in [0, 0.05) is 37.2 Å². The zero-order chi connectivity index (χ0) is 26.2. The molecule has 1 fully saturated rings. The first-order chi connectivity index (χ1) is 17.7. The van der Waals surface area contributed by atoms with E-state index in [0.717, 1.165) is 61.6 Å². The fraction of sp³-hybridized carbons (Fsp3) is 0.593. The molecule has 0 bridgehead atoms. The summed E-state index contributed by atoms with van der Waals surface area (Å²) in [6.45, 7) is 8.65. The average molecular weight is 531 g/mol. The quantitative estimate of drug-likeness (QED) is 0.427. The highest BCUT2D eigenvalue weighted by Gasteiger charge is 2.45. The Morgan fingerprint density at radius 1 is 1.22 bits per heavy atom. The van der Waals surface area contributed by atoms with Crippen molar-refractivity contribution in [2.75, 3.05) is 42.8 Å². The van der Waals surface area contributed by atoms with Gasteiger partial charge in [-0.2, -0.15) is 0 Å². The predicted molar refractivity (Wildman–Crippen MR) is 141 cm³/mol. The van der Waals surface area contributed by atoms with Crippen LogP contribution in [0.1, 0.15) is 62.4 Å². The van der Waals surface area contributed by atoms with Gasteiger partial charge in [-0.1, -0.05) is 17.8 Å². The molecule has 3 heterocycles. The van der Waals surface area contributed by atoms with E-state index in [1.54, 1.807) is 26.8 Å². The summed E-state index contributed by atoms with van der Waals surface area (Å²) in [6.07, 6.45) is 5.00. The minimum atomic E-state index is -0.848. The zero-order valence-electron chi connectivity index (χ0n) is 22.0. The van der Waals surface area contributed by atoms with Gasteiger partial charge in [-0.15, -0.1) is 0 Å². The Labute approximate surface area is 221 Å². The summed E-state index contributed by atoms with van der Waals surface area (Å²) in [5, 5.41) is 3.30. The third-order valence-corrected chi connectivity index (χ3v) is 7.59. The Morgan fingerprint density at radius 3 is 2.84 bits per heavy atom. The standard InChI is InChI=1S/C27H35FN4O4S/c1-26(2,3)36-25(33)30-19-9-8-17-7-5-10-27(21(17)22(19)28)15-20-18(16-35-27)23(31-24(29-20)37-4)32-11-6-13-34-14-12-32/h8-9H,5-7,10-16H2,1-4H3,(H,30,33). The number of halogens is 1. The van der Waals surface area contributed by atoms with Crippen LogP contribution < -0.4 is 10.2 Å². The summed E-state index contributed by atoms with van der Waals surface area (Å²) in [5.74, 6) is 0.432. The molecule has 0 saturated carbocycles. The third-order valence-electron chi connectivity index (χ3n) is 7.05. The van der Waals surface area contributed by atoms with E-state index in [-0.39, 0.29) is 5.69 Å². The number of fused-ring (bicyclic) bond motifs is 3. The monoisotopic (exact) mass is 530 g/mol. The number of carbonyl (C=O) groups is 1. The Hall–Kier alpha value is -2.43. The molecule has 0 radical (unpaired) electrons. The fourth-order valence-corrected chi connectivity index (χ4v) is 5.85. The van der Waals surface area contributed by atoms with Gasteiger partial charge in [0.15, 0.2) is 11.0 Å². The van der Waals surface area contributed by atoms with Gasteiger partial charge in [-0.05, 0) is 64.3 Å². The number of ether oxygens (including phenoxy) is 3. The average Bonchev–Trinajstić information content (AvgIpc) is 3.13. The summed E-state index contributed by atoms with van der Waals surface area (Å²) < 4.78 is 33.7. The first-order valence-corrected chi connectivity index (χ1v) is 14.1. The SMILES string of the molecule is CSc1nc2c(c(N3CCCOCC3)n1)COC1(CCCc3ccc(NC(=O)OC(C)(C)C)c(F)c31)C2. The van der Waals surface area contributed by atoms with Crippen molar-refractivity contribution in [2.24, 2.45) is 0 Å². The van der Waals surface area contributed by atoms with Gasteiger partial charge in [0.05, 0.1) is 24.6 Å². The number of nitrogens with one attached hydrogen (secondary N) is 1. The minimum Gasteiger partial charge on any atom is -0.444 e. The van der Waals surface area contributed by atoms with Crippen molar-refractivity contribution in [1.82, 2.24) is 9.97 Å². The smallest absolute Gasteiger partial charge is 0.412 e. The number of thioether (sulfide) groups is 1. The second kappa shape index (κ2) is 10.4. The van der Waals surface area contributed by atoms with E-state index < -0.39 is 23.1 Å². The van der Waals surface area contributed by atoms with Gasteiger partial charge >= 0.3 is 6.09 Å². The maximum Gasteiger partial charge on any atom is 0.412 e. The van der Waals surface area contributed by atoms with E-state index in [1.165, 1.54) is 11.8 Å². The van der Waals surface area contributed by atoms with Crippen LogP contribution in [0.5, 0.6) is 0 Å². The third kappa shape index (κ3) is 5.42. The van der Waals surface area contributed by atoms with Crippen molar-refractivity contribution >= 4 is 29.4 Å². The van der Waals surface area contributed by atoms with Crippen molar-refractivity contribution in [3.63, 3.8) is 0 Å². The molecule has 200 valence electrons. The number of carbonyl (C=O) groups excluding carboxylic acids is 1. The number of rotatable bonds is 3. The van der Waals surface area contributed by atoms with E-state index in [9.17, 15) is 4.79 Å². The zero-order valence-corrected chi connectivity index (χ0v) is 22.8. The number of amides is 1. The molecule has 1 aliphatic carbocycles. The number of hydrogen-bond donors (Lipinski definition) is 1. The highest BCUT2D eigenvalue weighted by atomic mass is 32.2. The van der Waals surface area contributed by atoms with Crippen LogP contribution in [0.2, 0.25) is 0 Å². The van der Waals surface area contributed by atoms with Crippen LogP contribution >= 0.6 is 11.8 Å². The lowest BCUT2D eigenvalue weighted by atomic mass is 9.74. The molecule has 1 aromatic carbocycles. The van der Waals surface area contributed by atoms with Crippen molar-refractivity contribution in [1.29, 1.82) is 0 Å². The summed E-state index contributed by atoms with van der Waals surface area (Å²) in [4.78, 5) is 24.4. The molecule has 10 heteroatoms. The molecule has 8 nitrogen and oxygen atoms in total. The molecule has 1 amide bonds. The largest absolute Gasteiger partial charge is 0.444 e. The summed E-state index contributed by atoms with van der Waals surface area (Å²) >= 11 is 1.51. The van der Waals surface area contributed by atoms with Crippen LogP contribution in [0.15, 0.2) is 17.3 Å². The van der Waals surface area contributed by atoms with Crippen molar-refractivity contribution < 1.29 is 23.4 Å². The van der Waals surface area contributed by atoms with Crippen molar-refractivity contribution in [3.8, 4) is 0 Å². The number of aromatic nitrogens is 2. The van der Waals surface area contributed by atoms with Crippen LogP contribution in [0.3, 0.4) is 0 Å². The van der Waals surface area contributed by atoms with Gasteiger partial charge in [0.25, 0.3) is 0 Å². The molecule has 2 aromatic rings. The topological polar surface area (TPSA) is 85.8 Å². The van der Waals surface area contributed by atoms with E-state index in [2.05, 4.69) is 10.2 Å². The van der Waals surface area contributed by atoms with Gasteiger partial charge in [-0.3, -0.25) is 5.32 Å². The number of hydrogen-bond acceptors (Lipinski definition) is 8. The van der Waals surface area contributed by atoms with Crippen LogP contribution in [0.25, 0.3) is 0 Å². The molecule has 1 unspecified atom stereocenters. The van der Waals surface area contributed by atoms with Crippen molar-refractivity contribution in [2.45, 2.75) is 75.8 Å². The Bertz CT molecular complexity index is 1180. The molecule has 1 N–H and O–H groups in total. The molecule has 5 rings (SSSR count). The Kier molecular flexibility index (Phi) is 7.35. The number of aryl methyl sites for hydroxylation is 1. The van der Waals surface area contributed by atoms with Crippen LogP contribution in [-0.4, -0.2) is 54.2 Å². The molecule has 3 aliphatic rings. The van der Waals surface area contributed by atoms with Crippen LogP contribution in [-0.2, 0) is 39.3 Å². The first-order valence-electron chi connectivity index (χ1n) is 12.9. The molecule has 1 atom stereocenters. The molecule has 1 spiro atoms. The van der Waals surface area contributed by atoms with Crippen LogP contribution in [0, 0.1) is 5.82 Å². The van der Waals surface area contributed by atoms with Crippen LogP contribution in [0.4, 0.5) is 20.7 Å². The molecule has 37 heavy (non-hydrogen) atoms. The number of benzene rings is 1. The van der Waals surface area contributed by atoms with E-state index in [4.69, 9.17) is 24.2 Å². The van der Waals surface area contributed by atoms with E-state index in [0.29, 0.717) is 36.8 Å². The van der Waals surface area contributed by atoms with Gasteiger partial charge in [-0.25, -0.2) is 19.2 Å². The summed E-state index contributed by atoms with van der Waals surface area (Å²) in [7, 11) is 0. The summed E-state index contributed by atoms with van der Waals surface area (Å²) in [5.41, 5.74) is 1.88. The highest BCUT2D eigenvalue weighted by Crippen LogP contribution is 2.48. The maximum absolute atomic E-state index is 16.1. The lowest BCUT2D eigenvalue weighted by molar-refractivity contribution is -0.0877. The van der Waals surface area contributed by atoms with E-state index >= 15 is 4.39 Å². The normalized spacial score (nSPS) is 21.7. The number of anilines is 2. The van der Waals surface area contributed by atoms with Crippen molar-refractivity contribution in [3.05, 3.63) is 40.3 Å². The lowest BCUT2D eigenvalue weighted by Gasteiger charge is -2.43. The molecular formula is C27H35FN4O4S. The minimum absolute atomic E-state index is 0.0985. The van der Waals surface area contributed by atoms with E-state index in [1.807, 2.05) is 12.3 Å². The molecule has 2 aliphatic heterocycles.